The molecule has 1 heterocycles. The molecular formula is C18H28N4O. The average molecular weight is 316 g/mol. The molecule has 1 aliphatic rings. The lowest BCUT2D eigenvalue weighted by Crippen LogP contribution is -2.48. The van der Waals surface area contributed by atoms with Crippen molar-refractivity contribution in [3.63, 3.8) is 0 Å². The Morgan fingerprint density at radius 2 is 2.00 bits per heavy atom. The van der Waals surface area contributed by atoms with Crippen LogP contribution in [0.3, 0.4) is 0 Å². The monoisotopic (exact) mass is 316 g/mol. The van der Waals surface area contributed by atoms with Crippen molar-refractivity contribution in [2.45, 2.75) is 26.8 Å². The maximum atomic E-state index is 11.7. The van der Waals surface area contributed by atoms with Crippen LogP contribution in [0.1, 0.15) is 36.2 Å². The van der Waals surface area contributed by atoms with Crippen molar-refractivity contribution in [1.29, 1.82) is 0 Å². The first kappa shape index (κ1) is 17.3. The number of hydrogen-bond acceptors (Lipinski definition) is 2. The van der Waals surface area contributed by atoms with Crippen LogP contribution in [-0.4, -0.2) is 44.0 Å². The Morgan fingerprint density at radius 3 is 2.61 bits per heavy atom. The summed E-state index contributed by atoms with van der Waals surface area (Å²) in [5, 5.41) is 6.08. The van der Waals surface area contributed by atoms with Crippen molar-refractivity contribution in [3.8, 4) is 0 Å². The summed E-state index contributed by atoms with van der Waals surface area (Å²) in [6, 6.07) is 7.68. The van der Waals surface area contributed by atoms with Crippen LogP contribution in [0, 0.1) is 11.8 Å². The van der Waals surface area contributed by atoms with E-state index in [1.54, 1.807) is 7.05 Å². The fourth-order valence-electron chi connectivity index (χ4n) is 3.32. The molecule has 5 nitrogen and oxygen atoms in total. The molecule has 0 saturated carbocycles. The molecule has 1 aromatic rings. The second-order valence-electron chi connectivity index (χ2n) is 6.53. The number of amides is 1. The molecule has 1 saturated heterocycles. The van der Waals surface area contributed by atoms with Crippen LogP contribution in [0.15, 0.2) is 29.3 Å². The Labute approximate surface area is 139 Å². The molecule has 2 rings (SSSR count). The van der Waals surface area contributed by atoms with E-state index in [9.17, 15) is 4.79 Å². The lowest BCUT2D eigenvalue weighted by atomic mass is 9.92. The van der Waals surface area contributed by atoms with Gasteiger partial charge in [-0.15, -0.1) is 0 Å². The number of piperidine rings is 1. The van der Waals surface area contributed by atoms with Crippen LogP contribution in [0.2, 0.25) is 0 Å². The average Bonchev–Trinajstić information content (AvgIpc) is 2.54. The number of nitrogens with zero attached hydrogens (tertiary/aromatic N) is 2. The Morgan fingerprint density at radius 1 is 1.30 bits per heavy atom. The van der Waals surface area contributed by atoms with Crippen molar-refractivity contribution in [3.05, 3.63) is 35.4 Å². The summed E-state index contributed by atoms with van der Waals surface area (Å²) in [6.45, 7) is 7.34. The highest BCUT2D eigenvalue weighted by Gasteiger charge is 2.23. The first-order valence-corrected chi connectivity index (χ1v) is 8.30. The third-order valence-corrected chi connectivity index (χ3v) is 4.25. The van der Waals surface area contributed by atoms with E-state index in [1.165, 1.54) is 6.42 Å². The van der Waals surface area contributed by atoms with E-state index >= 15 is 0 Å². The van der Waals surface area contributed by atoms with Gasteiger partial charge in [-0.25, -0.2) is 0 Å². The molecule has 0 spiro atoms. The van der Waals surface area contributed by atoms with E-state index in [1.807, 2.05) is 31.3 Å². The van der Waals surface area contributed by atoms with Crippen LogP contribution in [0.5, 0.6) is 0 Å². The smallest absolute Gasteiger partial charge is 0.251 e. The second-order valence-corrected chi connectivity index (χ2v) is 6.53. The maximum absolute atomic E-state index is 11.7. The highest BCUT2D eigenvalue weighted by Crippen LogP contribution is 2.20. The largest absolute Gasteiger partial charge is 0.355 e. The lowest BCUT2D eigenvalue weighted by Gasteiger charge is -2.37. The number of hydrogen-bond donors (Lipinski definition) is 2. The minimum Gasteiger partial charge on any atom is -0.355 e. The molecular weight excluding hydrogens is 288 g/mol. The third kappa shape index (κ3) is 4.71. The summed E-state index contributed by atoms with van der Waals surface area (Å²) in [4.78, 5) is 18.5. The molecule has 0 aromatic heterocycles. The number of guanidine groups is 1. The number of carbonyl (C=O) groups excluding carboxylic acids is 1. The lowest BCUT2D eigenvalue weighted by molar-refractivity contribution is 0.0963. The summed E-state index contributed by atoms with van der Waals surface area (Å²) >= 11 is 0. The molecule has 5 heteroatoms. The van der Waals surface area contributed by atoms with Gasteiger partial charge in [-0.3, -0.25) is 9.79 Å². The van der Waals surface area contributed by atoms with Gasteiger partial charge in [-0.2, -0.15) is 0 Å². The molecule has 126 valence electrons. The minimum atomic E-state index is -0.0603. The molecule has 0 radical (unpaired) electrons. The van der Waals surface area contributed by atoms with Crippen LogP contribution < -0.4 is 10.6 Å². The molecule has 1 aromatic carbocycles. The van der Waals surface area contributed by atoms with Crippen molar-refractivity contribution >= 4 is 11.9 Å². The molecule has 2 atom stereocenters. The zero-order chi connectivity index (χ0) is 16.8. The minimum absolute atomic E-state index is 0.0603. The highest BCUT2D eigenvalue weighted by atomic mass is 16.1. The van der Waals surface area contributed by atoms with Gasteiger partial charge in [-0.1, -0.05) is 26.0 Å². The Balaban J connectivity index is 1.99. The molecule has 2 unspecified atom stereocenters. The van der Waals surface area contributed by atoms with Gasteiger partial charge >= 0.3 is 0 Å². The van der Waals surface area contributed by atoms with E-state index in [2.05, 4.69) is 34.4 Å². The first-order chi connectivity index (χ1) is 11.0. The van der Waals surface area contributed by atoms with Gasteiger partial charge in [0.1, 0.15) is 0 Å². The summed E-state index contributed by atoms with van der Waals surface area (Å²) in [5.41, 5.74) is 1.76. The van der Waals surface area contributed by atoms with Gasteiger partial charge < -0.3 is 15.5 Å². The van der Waals surface area contributed by atoms with Crippen molar-refractivity contribution in [1.82, 2.24) is 15.5 Å². The fourth-order valence-corrected chi connectivity index (χ4v) is 3.32. The van der Waals surface area contributed by atoms with Crippen molar-refractivity contribution in [2.24, 2.45) is 16.8 Å². The van der Waals surface area contributed by atoms with Gasteiger partial charge in [0.2, 0.25) is 0 Å². The van der Waals surface area contributed by atoms with Crippen LogP contribution in [0.25, 0.3) is 0 Å². The van der Waals surface area contributed by atoms with Gasteiger partial charge in [0.15, 0.2) is 5.96 Å². The number of rotatable bonds is 3. The number of aliphatic imine (C=N–C) groups is 1. The van der Waals surface area contributed by atoms with Crippen molar-refractivity contribution < 1.29 is 4.79 Å². The normalized spacial score (nSPS) is 21.9. The zero-order valence-electron chi connectivity index (χ0n) is 14.6. The Bertz CT molecular complexity index is 560. The number of benzene rings is 1. The van der Waals surface area contributed by atoms with E-state index in [-0.39, 0.29) is 5.91 Å². The molecule has 1 fully saturated rings. The van der Waals surface area contributed by atoms with E-state index in [0.717, 1.165) is 24.6 Å². The van der Waals surface area contributed by atoms with Gasteiger partial charge in [-0.05, 0) is 36.0 Å². The number of nitrogens with one attached hydrogen (secondary N) is 2. The number of carbonyl (C=O) groups is 1. The zero-order valence-corrected chi connectivity index (χ0v) is 14.6. The van der Waals surface area contributed by atoms with Gasteiger partial charge in [0.25, 0.3) is 5.91 Å². The van der Waals surface area contributed by atoms with E-state index < -0.39 is 0 Å². The summed E-state index contributed by atoms with van der Waals surface area (Å²) in [7, 11) is 3.47. The Kier molecular flexibility index (Phi) is 6.02. The number of likely N-dealkylation sites (tertiary alicyclic amines) is 1. The van der Waals surface area contributed by atoms with E-state index in [4.69, 9.17) is 0 Å². The standard InChI is InChI=1S/C18H28N4O/c1-13-8-14(2)12-22(11-13)18(20-4)21-10-15-6-5-7-16(9-15)17(23)19-3/h5-7,9,13-14H,8,10-12H2,1-4H3,(H,19,23)(H,20,21). The highest BCUT2D eigenvalue weighted by molar-refractivity contribution is 5.94. The summed E-state index contributed by atoms with van der Waals surface area (Å²) in [5.74, 6) is 2.26. The second kappa shape index (κ2) is 7.99. The fraction of sp³-hybridized carbons (Fsp3) is 0.556. The Hall–Kier alpha value is -2.04. The molecule has 1 amide bonds. The molecule has 1 aliphatic heterocycles. The quantitative estimate of drug-likeness (QED) is 0.663. The predicted octanol–water partition coefficient (Wildman–Crippen LogP) is 2.10. The van der Waals surface area contributed by atoms with Crippen LogP contribution >= 0.6 is 0 Å². The molecule has 23 heavy (non-hydrogen) atoms. The maximum Gasteiger partial charge on any atom is 0.251 e. The predicted molar refractivity (Wildman–Crippen MR) is 94.5 cm³/mol. The molecule has 0 bridgehead atoms. The molecule has 0 aliphatic carbocycles. The van der Waals surface area contributed by atoms with Crippen molar-refractivity contribution in [2.75, 3.05) is 27.2 Å². The topological polar surface area (TPSA) is 56.7 Å². The third-order valence-electron chi connectivity index (χ3n) is 4.25. The van der Waals surface area contributed by atoms with E-state index in [0.29, 0.717) is 23.9 Å². The first-order valence-electron chi connectivity index (χ1n) is 8.30. The van der Waals surface area contributed by atoms with Gasteiger partial charge in [0.05, 0.1) is 0 Å². The SMILES string of the molecule is CN=C(NCc1cccc(C(=O)NC)c1)N1CC(C)CC(C)C1. The van der Waals surface area contributed by atoms with Gasteiger partial charge in [0, 0.05) is 39.3 Å². The summed E-state index contributed by atoms with van der Waals surface area (Å²) in [6.07, 6.45) is 1.28. The van der Waals surface area contributed by atoms with Crippen LogP contribution in [0.4, 0.5) is 0 Å². The van der Waals surface area contributed by atoms with Crippen LogP contribution in [-0.2, 0) is 6.54 Å². The molecule has 2 N–H and O–H groups in total. The summed E-state index contributed by atoms with van der Waals surface area (Å²) < 4.78 is 0.